The topological polar surface area (TPSA) is 80.5 Å². The van der Waals surface area contributed by atoms with E-state index in [2.05, 4.69) is 6.92 Å². The predicted octanol–water partition coefficient (Wildman–Crippen LogP) is 1.18. The van der Waals surface area contributed by atoms with E-state index in [-0.39, 0.29) is 29.4 Å². The predicted molar refractivity (Wildman–Crippen MR) is 81.1 cm³/mol. The lowest BCUT2D eigenvalue weighted by Gasteiger charge is -2.30. The van der Waals surface area contributed by atoms with Crippen molar-refractivity contribution in [3.05, 3.63) is 0 Å². The zero-order chi connectivity index (χ0) is 15.2. The Morgan fingerprint density at radius 3 is 2.60 bits per heavy atom. The van der Waals surface area contributed by atoms with Crippen molar-refractivity contribution in [1.29, 1.82) is 0 Å². The van der Waals surface area contributed by atoms with Crippen LogP contribution in [0.4, 0.5) is 0 Å². The Labute approximate surface area is 122 Å². The van der Waals surface area contributed by atoms with Crippen LogP contribution in [0, 0.1) is 5.92 Å². The summed E-state index contributed by atoms with van der Waals surface area (Å²) in [6, 6.07) is -0.126. The standard InChI is InChI=1S/C14H28N2O3S/c1-3-4-9-16(13-7-10-20(18,19)11-13)14(17)12(2)6-5-8-15/h12-13H,3-11,15H2,1-2H3. The third-order valence-corrected chi connectivity index (χ3v) is 5.70. The highest BCUT2D eigenvalue weighted by molar-refractivity contribution is 7.91. The Morgan fingerprint density at radius 2 is 2.10 bits per heavy atom. The molecular formula is C14H28N2O3S. The van der Waals surface area contributed by atoms with Crippen molar-refractivity contribution in [1.82, 2.24) is 4.90 Å². The average molecular weight is 304 g/mol. The molecule has 5 nitrogen and oxygen atoms in total. The summed E-state index contributed by atoms with van der Waals surface area (Å²) < 4.78 is 23.3. The molecule has 1 saturated heterocycles. The van der Waals surface area contributed by atoms with Crippen molar-refractivity contribution in [2.75, 3.05) is 24.6 Å². The lowest BCUT2D eigenvalue weighted by molar-refractivity contribution is -0.137. The fourth-order valence-electron chi connectivity index (χ4n) is 2.65. The van der Waals surface area contributed by atoms with Crippen LogP contribution in [0.25, 0.3) is 0 Å². The van der Waals surface area contributed by atoms with Gasteiger partial charge in [-0.05, 0) is 32.2 Å². The first-order valence-corrected chi connectivity index (χ1v) is 9.44. The van der Waals surface area contributed by atoms with Crippen molar-refractivity contribution in [2.24, 2.45) is 11.7 Å². The fraction of sp³-hybridized carbons (Fsp3) is 0.929. The van der Waals surface area contributed by atoms with E-state index in [1.807, 2.05) is 11.8 Å². The number of sulfone groups is 1. The molecule has 0 spiro atoms. The van der Waals surface area contributed by atoms with Gasteiger partial charge in [0, 0.05) is 18.5 Å². The van der Waals surface area contributed by atoms with E-state index in [9.17, 15) is 13.2 Å². The molecule has 118 valence electrons. The van der Waals surface area contributed by atoms with Gasteiger partial charge in [-0.25, -0.2) is 8.42 Å². The van der Waals surface area contributed by atoms with Gasteiger partial charge in [-0.1, -0.05) is 20.3 Å². The Bertz CT molecular complexity index is 409. The summed E-state index contributed by atoms with van der Waals surface area (Å²) in [5.41, 5.74) is 5.49. The molecule has 0 saturated carbocycles. The maximum atomic E-state index is 12.5. The van der Waals surface area contributed by atoms with Gasteiger partial charge in [-0.15, -0.1) is 0 Å². The highest BCUT2D eigenvalue weighted by atomic mass is 32.2. The van der Waals surface area contributed by atoms with Crippen LogP contribution < -0.4 is 5.73 Å². The number of nitrogens with two attached hydrogens (primary N) is 1. The third-order valence-electron chi connectivity index (χ3n) is 3.95. The molecule has 0 aliphatic carbocycles. The van der Waals surface area contributed by atoms with Crippen LogP contribution in [0.1, 0.15) is 46.0 Å². The number of hydrogen-bond donors (Lipinski definition) is 1. The molecule has 0 aromatic heterocycles. The largest absolute Gasteiger partial charge is 0.338 e. The second-order valence-electron chi connectivity index (χ2n) is 5.77. The van der Waals surface area contributed by atoms with Crippen LogP contribution in [0.5, 0.6) is 0 Å². The van der Waals surface area contributed by atoms with E-state index in [4.69, 9.17) is 5.73 Å². The molecule has 1 rings (SSSR count). The number of hydrogen-bond acceptors (Lipinski definition) is 4. The minimum absolute atomic E-state index is 0.0706. The van der Waals surface area contributed by atoms with Crippen LogP contribution in [0.15, 0.2) is 0 Å². The van der Waals surface area contributed by atoms with Gasteiger partial charge in [0.1, 0.15) is 0 Å². The van der Waals surface area contributed by atoms with E-state index in [1.165, 1.54) is 0 Å². The highest BCUT2D eigenvalue weighted by Gasteiger charge is 2.35. The van der Waals surface area contributed by atoms with Crippen molar-refractivity contribution in [3.63, 3.8) is 0 Å². The minimum Gasteiger partial charge on any atom is -0.338 e. The average Bonchev–Trinajstić information content (AvgIpc) is 2.76. The van der Waals surface area contributed by atoms with Crippen LogP contribution in [0.3, 0.4) is 0 Å². The number of nitrogens with zero attached hydrogens (tertiary/aromatic N) is 1. The molecule has 6 heteroatoms. The van der Waals surface area contributed by atoms with E-state index in [0.29, 0.717) is 19.5 Å². The first kappa shape index (κ1) is 17.4. The lowest BCUT2D eigenvalue weighted by atomic mass is 10.0. The SMILES string of the molecule is CCCCN(C(=O)C(C)CCCN)C1CCS(=O)(=O)C1. The quantitative estimate of drug-likeness (QED) is 0.730. The van der Waals surface area contributed by atoms with E-state index < -0.39 is 9.84 Å². The summed E-state index contributed by atoms with van der Waals surface area (Å²) in [7, 11) is -2.96. The molecule has 0 aromatic rings. The fourth-order valence-corrected chi connectivity index (χ4v) is 4.38. The van der Waals surface area contributed by atoms with Crippen LogP contribution >= 0.6 is 0 Å². The van der Waals surface area contributed by atoms with E-state index in [0.717, 1.165) is 25.7 Å². The van der Waals surface area contributed by atoms with E-state index >= 15 is 0 Å². The van der Waals surface area contributed by atoms with Gasteiger partial charge in [0.05, 0.1) is 11.5 Å². The molecule has 2 unspecified atom stereocenters. The summed E-state index contributed by atoms with van der Waals surface area (Å²) in [6.45, 7) is 5.25. The normalized spacial score (nSPS) is 22.6. The van der Waals surface area contributed by atoms with Gasteiger partial charge >= 0.3 is 0 Å². The number of rotatable bonds is 8. The molecule has 2 N–H and O–H groups in total. The Hall–Kier alpha value is -0.620. The van der Waals surface area contributed by atoms with Gasteiger partial charge < -0.3 is 10.6 Å². The molecule has 2 atom stereocenters. The molecular weight excluding hydrogens is 276 g/mol. The molecule has 1 aliphatic rings. The molecule has 1 fully saturated rings. The first-order valence-electron chi connectivity index (χ1n) is 7.62. The summed E-state index contributed by atoms with van der Waals surface area (Å²) in [6.07, 6.45) is 4.11. The Kier molecular flexibility index (Phi) is 6.95. The molecule has 20 heavy (non-hydrogen) atoms. The zero-order valence-electron chi connectivity index (χ0n) is 12.7. The molecule has 0 aromatic carbocycles. The van der Waals surface area contributed by atoms with Gasteiger partial charge in [0.15, 0.2) is 9.84 Å². The maximum absolute atomic E-state index is 12.5. The molecule has 1 aliphatic heterocycles. The minimum atomic E-state index is -2.96. The van der Waals surface area contributed by atoms with Gasteiger partial charge in [-0.3, -0.25) is 4.79 Å². The van der Waals surface area contributed by atoms with Gasteiger partial charge in [0.25, 0.3) is 0 Å². The smallest absolute Gasteiger partial charge is 0.225 e. The van der Waals surface area contributed by atoms with Crippen LogP contribution in [-0.4, -0.2) is 49.9 Å². The Morgan fingerprint density at radius 1 is 1.40 bits per heavy atom. The van der Waals surface area contributed by atoms with Crippen molar-refractivity contribution < 1.29 is 13.2 Å². The van der Waals surface area contributed by atoms with Crippen molar-refractivity contribution in [2.45, 2.75) is 52.0 Å². The summed E-state index contributed by atoms with van der Waals surface area (Å²) in [4.78, 5) is 14.4. The Balaban J connectivity index is 2.70. The van der Waals surface area contributed by atoms with Gasteiger partial charge in [0.2, 0.25) is 5.91 Å². The summed E-state index contributed by atoms with van der Waals surface area (Å²) in [5.74, 6) is 0.365. The highest BCUT2D eigenvalue weighted by Crippen LogP contribution is 2.21. The first-order chi connectivity index (χ1) is 9.41. The van der Waals surface area contributed by atoms with Crippen molar-refractivity contribution >= 4 is 15.7 Å². The van der Waals surface area contributed by atoms with Crippen LogP contribution in [-0.2, 0) is 14.6 Å². The molecule has 0 radical (unpaired) electrons. The summed E-state index contributed by atoms with van der Waals surface area (Å²) >= 11 is 0. The van der Waals surface area contributed by atoms with Gasteiger partial charge in [-0.2, -0.15) is 0 Å². The number of amides is 1. The molecule has 0 bridgehead atoms. The number of carbonyl (C=O) groups excluding carboxylic acids is 1. The van der Waals surface area contributed by atoms with Crippen LogP contribution in [0.2, 0.25) is 0 Å². The molecule has 1 heterocycles. The van der Waals surface area contributed by atoms with Crippen molar-refractivity contribution in [3.8, 4) is 0 Å². The second-order valence-corrected chi connectivity index (χ2v) is 8.00. The second kappa shape index (κ2) is 7.98. The third kappa shape index (κ3) is 5.05. The number of unbranched alkanes of at least 4 members (excludes halogenated alkanes) is 1. The molecule has 1 amide bonds. The zero-order valence-corrected chi connectivity index (χ0v) is 13.5. The monoisotopic (exact) mass is 304 g/mol. The maximum Gasteiger partial charge on any atom is 0.225 e. The number of carbonyl (C=O) groups is 1. The summed E-state index contributed by atoms with van der Waals surface area (Å²) in [5, 5.41) is 0. The van der Waals surface area contributed by atoms with E-state index in [1.54, 1.807) is 0 Å². The lowest BCUT2D eigenvalue weighted by Crippen LogP contribution is -2.44.